The fourth-order valence-electron chi connectivity index (χ4n) is 7.25. The van der Waals surface area contributed by atoms with Crippen molar-refractivity contribution in [3.63, 3.8) is 0 Å². The first-order valence-electron chi connectivity index (χ1n) is 11.4. The number of ether oxygens (including phenoxy) is 4. The highest BCUT2D eigenvalue weighted by atomic mass is 16.6. The van der Waals surface area contributed by atoms with Gasteiger partial charge >= 0.3 is 17.9 Å². The Bertz CT molecular complexity index is 924. The van der Waals surface area contributed by atoms with Crippen LogP contribution < -0.4 is 0 Å². The summed E-state index contributed by atoms with van der Waals surface area (Å²) in [6.07, 6.45) is 5.86. The first-order chi connectivity index (χ1) is 15.2. The standard InChI is InChI=1S/C24H30O8/c1-14-9-20(31-16(3)26)24-13-30-22(24,12-29-15(2)25)7-4-5-19(24)23(14)10-18(32-21(23)27)17-6-8-28-11-17/h6,8,11,14,18-20H,4-5,7,9-10,12-13H2,1-3H3/t14-,18-,19-,20-,22+,23-,24+/m1/s1. The number of fused-ring (bicyclic) bond motifs is 1. The number of carbonyl (C=O) groups is 3. The van der Waals surface area contributed by atoms with Gasteiger partial charge in [-0.05, 0) is 37.2 Å². The fraction of sp³-hybridized carbons (Fsp3) is 0.708. The van der Waals surface area contributed by atoms with E-state index < -0.39 is 22.5 Å². The summed E-state index contributed by atoms with van der Waals surface area (Å²) < 4.78 is 28.7. The van der Waals surface area contributed by atoms with Crippen LogP contribution in [0.15, 0.2) is 23.0 Å². The molecule has 0 radical (unpaired) electrons. The Morgan fingerprint density at radius 1 is 1.25 bits per heavy atom. The highest BCUT2D eigenvalue weighted by Crippen LogP contribution is 2.72. The van der Waals surface area contributed by atoms with Crippen LogP contribution in [-0.2, 0) is 33.3 Å². The van der Waals surface area contributed by atoms with E-state index in [9.17, 15) is 14.4 Å². The molecule has 8 heteroatoms. The van der Waals surface area contributed by atoms with E-state index >= 15 is 0 Å². The second-order valence-electron chi connectivity index (χ2n) is 9.98. The molecule has 0 amide bonds. The summed E-state index contributed by atoms with van der Waals surface area (Å²) in [7, 11) is 0. The molecule has 174 valence electrons. The zero-order chi connectivity index (χ0) is 22.7. The topological polar surface area (TPSA) is 101 Å². The molecule has 2 aliphatic carbocycles. The monoisotopic (exact) mass is 446 g/mol. The van der Waals surface area contributed by atoms with Gasteiger partial charge in [-0.15, -0.1) is 0 Å². The SMILES string of the molecule is CC(=O)OC[C@@]12CCC[C@@H]3[C@@]4(C[C@H](c5ccoc5)OC4=O)[C@H](C)C[C@@H](OC(C)=O)[C@]31CO2. The van der Waals surface area contributed by atoms with Crippen molar-refractivity contribution in [3.05, 3.63) is 24.2 Å². The molecule has 32 heavy (non-hydrogen) atoms. The fourth-order valence-corrected chi connectivity index (χ4v) is 7.25. The molecule has 5 rings (SSSR count). The third kappa shape index (κ3) is 2.74. The first kappa shape index (κ1) is 21.5. The Hall–Kier alpha value is -2.35. The summed E-state index contributed by atoms with van der Waals surface area (Å²) in [5.74, 6) is -1.08. The second-order valence-corrected chi connectivity index (χ2v) is 9.98. The van der Waals surface area contributed by atoms with Crippen molar-refractivity contribution < 1.29 is 37.7 Å². The molecule has 2 aliphatic heterocycles. The van der Waals surface area contributed by atoms with E-state index in [2.05, 4.69) is 6.92 Å². The number of carbonyl (C=O) groups excluding carboxylic acids is 3. The van der Waals surface area contributed by atoms with E-state index in [0.717, 1.165) is 18.4 Å². The summed E-state index contributed by atoms with van der Waals surface area (Å²) >= 11 is 0. The van der Waals surface area contributed by atoms with Crippen molar-refractivity contribution >= 4 is 17.9 Å². The molecule has 4 fully saturated rings. The van der Waals surface area contributed by atoms with Crippen molar-refractivity contribution in [2.24, 2.45) is 22.7 Å². The van der Waals surface area contributed by atoms with Crippen molar-refractivity contribution in [3.8, 4) is 0 Å². The lowest BCUT2D eigenvalue weighted by molar-refractivity contribution is -0.373. The Kier molecular flexibility index (Phi) is 4.93. The molecule has 8 nitrogen and oxygen atoms in total. The summed E-state index contributed by atoms with van der Waals surface area (Å²) in [4.78, 5) is 37.3. The number of esters is 3. The number of hydrogen-bond donors (Lipinski definition) is 0. The maximum atomic E-state index is 13.6. The minimum atomic E-state index is -0.761. The Morgan fingerprint density at radius 3 is 2.69 bits per heavy atom. The first-order valence-corrected chi connectivity index (χ1v) is 11.4. The van der Waals surface area contributed by atoms with Gasteiger partial charge in [0.15, 0.2) is 0 Å². The molecule has 0 aromatic carbocycles. The van der Waals surface area contributed by atoms with Gasteiger partial charge in [0.2, 0.25) is 0 Å². The molecule has 1 aromatic heterocycles. The summed E-state index contributed by atoms with van der Waals surface area (Å²) in [6, 6.07) is 1.83. The van der Waals surface area contributed by atoms with Gasteiger partial charge in [-0.2, -0.15) is 0 Å². The van der Waals surface area contributed by atoms with Gasteiger partial charge in [-0.25, -0.2) is 0 Å². The van der Waals surface area contributed by atoms with Crippen LogP contribution in [0.3, 0.4) is 0 Å². The smallest absolute Gasteiger partial charge is 0.313 e. The van der Waals surface area contributed by atoms with Crippen molar-refractivity contribution in [2.75, 3.05) is 13.2 Å². The van der Waals surface area contributed by atoms with Crippen LogP contribution >= 0.6 is 0 Å². The molecule has 0 N–H and O–H groups in total. The molecule has 0 bridgehead atoms. The van der Waals surface area contributed by atoms with Crippen LogP contribution in [0, 0.1) is 22.7 Å². The van der Waals surface area contributed by atoms with Crippen LogP contribution in [0.25, 0.3) is 0 Å². The van der Waals surface area contributed by atoms with Gasteiger partial charge in [-0.3, -0.25) is 14.4 Å². The van der Waals surface area contributed by atoms with Crippen LogP contribution in [0.4, 0.5) is 0 Å². The van der Waals surface area contributed by atoms with E-state index in [1.807, 2.05) is 6.07 Å². The van der Waals surface area contributed by atoms with Crippen molar-refractivity contribution in [2.45, 2.75) is 70.7 Å². The number of rotatable bonds is 4. The Balaban J connectivity index is 1.58. The molecule has 7 atom stereocenters. The highest BCUT2D eigenvalue weighted by molar-refractivity contribution is 5.81. The van der Waals surface area contributed by atoms with E-state index in [4.69, 9.17) is 23.4 Å². The summed E-state index contributed by atoms with van der Waals surface area (Å²) in [5, 5.41) is 0. The normalized spacial score (nSPS) is 42.4. The maximum Gasteiger partial charge on any atom is 0.313 e. The molecule has 4 aliphatic rings. The molecule has 2 saturated heterocycles. The Labute approximate surface area is 186 Å². The van der Waals surface area contributed by atoms with Gasteiger partial charge in [0.05, 0.1) is 30.0 Å². The van der Waals surface area contributed by atoms with Crippen LogP contribution in [-0.4, -0.2) is 42.8 Å². The number of furan rings is 1. The molecular weight excluding hydrogens is 416 g/mol. The Morgan fingerprint density at radius 2 is 2.06 bits per heavy atom. The predicted octanol–water partition coefficient (Wildman–Crippen LogP) is 3.34. The lowest BCUT2D eigenvalue weighted by atomic mass is 9.40. The average molecular weight is 446 g/mol. The highest BCUT2D eigenvalue weighted by Gasteiger charge is 2.79. The number of hydrogen-bond acceptors (Lipinski definition) is 8. The minimum absolute atomic E-state index is 0.0444. The largest absolute Gasteiger partial charge is 0.472 e. The van der Waals surface area contributed by atoms with Gasteiger partial charge in [0.1, 0.15) is 24.4 Å². The van der Waals surface area contributed by atoms with E-state index in [1.165, 1.54) is 13.8 Å². The summed E-state index contributed by atoms with van der Waals surface area (Å²) in [6.45, 7) is 5.32. The zero-order valence-electron chi connectivity index (χ0n) is 18.8. The molecule has 2 saturated carbocycles. The predicted molar refractivity (Wildman–Crippen MR) is 109 cm³/mol. The molecular formula is C24H30O8. The lowest BCUT2D eigenvalue weighted by Gasteiger charge is -2.71. The average Bonchev–Trinajstić information content (AvgIpc) is 3.35. The van der Waals surface area contributed by atoms with Gasteiger partial charge in [0, 0.05) is 25.8 Å². The van der Waals surface area contributed by atoms with Crippen LogP contribution in [0.2, 0.25) is 0 Å². The van der Waals surface area contributed by atoms with Gasteiger partial charge < -0.3 is 23.4 Å². The van der Waals surface area contributed by atoms with Crippen LogP contribution in [0.1, 0.15) is 64.5 Å². The quantitative estimate of drug-likeness (QED) is 0.513. The van der Waals surface area contributed by atoms with Crippen LogP contribution in [0.5, 0.6) is 0 Å². The van der Waals surface area contributed by atoms with Crippen molar-refractivity contribution in [1.29, 1.82) is 0 Å². The maximum absolute atomic E-state index is 13.6. The van der Waals surface area contributed by atoms with Gasteiger partial charge in [-0.1, -0.05) is 13.3 Å². The molecule has 2 spiro atoms. The van der Waals surface area contributed by atoms with E-state index in [1.54, 1.807) is 12.5 Å². The molecule has 0 unspecified atom stereocenters. The third-order valence-corrected chi connectivity index (χ3v) is 8.66. The lowest BCUT2D eigenvalue weighted by Crippen LogP contribution is -2.79. The summed E-state index contributed by atoms with van der Waals surface area (Å²) in [5.41, 5.74) is -1.22. The molecule has 1 aromatic rings. The van der Waals surface area contributed by atoms with Crippen molar-refractivity contribution in [1.82, 2.24) is 0 Å². The zero-order valence-corrected chi connectivity index (χ0v) is 18.8. The van der Waals surface area contributed by atoms with E-state index in [-0.39, 0.29) is 42.5 Å². The molecule has 3 heterocycles. The number of cyclic esters (lactones) is 1. The second kappa shape index (κ2) is 7.33. The third-order valence-electron chi connectivity index (χ3n) is 8.66. The minimum Gasteiger partial charge on any atom is -0.472 e. The van der Waals surface area contributed by atoms with E-state index in [0.29, 0.717) is 25.9 Å². The van der Waals surface area contributed by atoms with Gasteiger partial charge in [0.25, 0.3) is 0 Å².